The molecule has 0 N–H and O–H groups in total. The second kappa shape index (κ2) is 10.2. The molecule has 0 saturated heterocycles. The Labute approximate surface area is 239 Å². The van der Waals surface area contributed by atoms with Gasteiger partial charge in [0, 0.05) is 0 Å². The molecular formula is C32H33Cl2Zr. The molecule has 0 spiro atoms. The average Bonchev–Trinajstić information content (AvgIpc) is 3.36. The van der Waals surface area contributed by atoms with Gasteiger partial charge in [0.1, 0.15) is 0 Å². The first kappa shape index (κ1) is 28.2. The molecule has 2 aliphatic rings. The quantitative estimate of drug-likeness (QED) is 0.438. The van der Waals surface area contributed by atoms with Crippen LogP contribution in [-0.4, -0.2) is 0 Å². The van der Waals surface area contributed by atoms with Gasteiger partial charge in [0.05, 0.1) is 0 Å². The van der Waals surface area contributed by atoms with Crippen molar-refractivity contribution in [2.45, 2.75) is 62.4 Å². The largest absolute Gasteiger partial charge is 1.00 e. The molecule has 0 aromatic heterocycles. The topological polar surface area (TPSA) is 0 Å². The van der Waals surface area contributed by atoms with Crippen LogP contribution in [-0.2, 0) is 35.5 Å². The van der Waals surface area contributed by atoms with Gasteiger partial charge in [0.25, 0.3) is 0 Å². The number of rotatable bonds is 2. The average molecular weight is 580 g/mol. The standard InChI is InChI=1S/C32H33.2ClH.Zr/c1-31(2,3)25-15-14-24-17-29-28(19-26(32(4,5)6)20-30(29)27(24)18-25)23-13-12-22(16-23)21-10-8-7-9-11-21;;;/h7-12,14-20H,13H2,1-6H3;2*1H;/q;;;+2/p-2. The maximum absolute atomic E-state index is 2.50. The minimum atomic E-state index is 0. The van der Waals surface area contributed by atoms with Crippen LogP contribution in [0.5, 0.6) is 0 Å². The van der Waals surface area contributed by atoms with E-state index in [-0.39, 0.29) is 35.6 Å². The fraction of sp³-hybridized carbons (Fsp3) is 0.312. The van der Waals surface area contributed by atoms with Crippen LogP contribution in [0, 0.1) is 0 Å². The Morgan fingerprint density at radius 1 is 0.714 bits per heavy atom. The summed E-state index contributed by atoms with van der Waals surface area (Å²) in [6.07, 6.45) is 5.85. The van der Waals surface area contributed by atoms with Crippen molar-refractivity contribution in [3.05, 3.63) is 106 Å². The van der Waals surface area contributed by atoms with Crippen molar-refractivity contribution in [2.75, 3.05) is 0 Å². The molecule has 2 aliphatic carbocycles. The maximum Gasteiger partial charge on any atom is -1.00 e. The Hall–Kier alpha value is -1.40. The molecule has 0 bridgehead atoms. The van der Waals surface area contributed by atoms with Gasteiger partial charge in [-0.15, -0.1) is 0 Å². The van der Waals surface area contributed by atoms with E-state index in [0.717, 1.165) is 6.42 Å². The van der Waals surface area contributed by atoms with Crippen molar-refractivity contribution >= 4 is 11.1 Å². The summed E-state index contributed by atoms with van der Waals surface area (Å²) in [5.74, 6) is 0. The first-order valence-electron chi connectivity index (χ1n) is 12.0. The van der Waals surface area contributed by atoms with E-state index < -0.39 is 0 Å². The molecule has 3 aromatic rings. The first-order chi connectivity index (χ1) is 15.5. The summed E-state index contributed by atoms with van der Waals surface area (Å²) in [7, 11) is 0. The molecule has 1 unspecified atom stereocenters. The molecule has 3 aromatic carbocycles. The van der Waals surface area contributed by atoms with Crippen molar-refractivity contribution in [1.82, 2.24) is 0 Å². The van der Waals surface area contributed by atoms with Gasteiger partial charge in [0.15, 0.2) is 0 Å². The maximum atomic E-state index is 2.50. The van der Waals surface area contributed by atoms with Crippen molar-refractivity contribution in [2.24, 2.45) is 0 Å². The van der Waals surface area contributed by atoms with Crippen LogP contribution in [0.3, 0.4) is 0 Å². The summed E-state index contributed by atoms with van der Waals surface area (Å²) in [6, 6.07) is 23.0. The van der Waals surface area contributed by atoms with Crippen LogP contribution in [0.25, 0.3) is 22.3 Å². The van der Waals surface area contributed by atoms with Crippen LogP contribution in [0.1, 0.15) is 85.0 Å². The van der Waals surface area contributed by atoms with Gasteiger partial charge in [-0.05, 0) is 0 Å². The number of hydrogen-bond acceptors (Lipinski definition) is 0. The van der Waals surface area contributed by atoms with Gasteiger partial charge in [-0.1, -0.05) is 0 Å². The molecule has 0 amide bonds. The van der Waals surface area contributed by atoms with E-state index in [1.165, 1.54) is 50.1 Å². The van der Waals surface area contributed by atoms with Crippen LogP contribution in [0.2, 0.25) is 0 Å². The minimum Gasteiger partial charge on any atom is -1.00 e. The predicted octanol–water partition coefficient (Wildman–Crippen LogP) is 2.78. The number of halogens is 2. The van der Waals surface area contributed by atoms with Crippen LogP contribution in [0.15, 0.2) is 72.8 Å². The molecule has 5 rings (SSSR count). The summed E-state index contributed by atoms with van der Waals surface area (Å²) >= 11 is 1.57. The van der Waals surface area contributed by atoms with Gasteiger partial charge in [-0.25, -0.2) is 0 Å². The zero-order valence-corrected chi connectivity index (χ0v) is 25.4. The predicted molar refractivity (Wildman–Crippen MR) is 138 cm³/mol. The summed E-state index contributed by atoms with van der Waals surface area (Å²) in [4.78, 5) is 0. The van der Waals surface area contributed by atoms with E-state index in [1.807, 2.05) is 0 Å². The number of benzene rings is 3. The molecule has 3 heteroatoms. The molecule has 179 valence electrons. The SMILES string of the molecule is CC(C)(C)c1ccc2c(c1)-c1cc(C(C)(C)C)cc(C3=CC(c4ccccc4)=CC3)c1[CH]2[Zr+2].[Cl-].[Cl-]. The van der Waals surface area contributed by atoms with Gasteiger partial charge in [-0.2, -0.15) is 0 Å². The molecule has 0 nitrogen and oxygen atoms in total. The monoisotopic (exact) mass is 577 g/mol. The van der Waals surface area contributed by atoms with Crippen molar-refractivity contribution < 1.29 is 49.5 Å². The molecule has 0 saturated carbocycles. The Kier molecular flexibility index (Phi) is 8.18. The molecule has 35 heavy (non-hydrogen) atoms. The number of allylic oxidation sites excluding steroid dienone is 4. The normalized spacial score (nSPS) is 16.5. The number of hydrogen-bond donors (Lipinski definition) is 0. The van der Waals surface area contributed by atoms with Gasteiger partial charge in [0.2, 0.25) is 0 Å². The molecular weight excluding hydrogens is 546 g/mol. The summed E-state index contributed by atoms with van der Waals surface area (Å²) in [6.45, 7) is 14.0. The van der Waals surface area contributed by atoms with E-state index in [4.69, 9.17) is 0 Å². The molecule has 0 fully saturated rings. The molecule has 1 atom stereocenters. The van der Waals surface area contributed by atoms with Crippen molar-refractivity contribution in [3.8, 4) is 11.1 Å². The fourth-order valence-electron chi connectivity index (χ4n) is 5.09. The zero-order chi connectivity index (χ0) is 23.5. The second-order valence-electron chi connectivity index (χ2n) is 11.6. The van der Waals surface area contributed by atoms with Gasteiger partial charge >= 0.3 is 216 Å². The smallest absolute Gasteiger partial charge is 1.00 e. The second-order valence-corrected chi connectivity index (χ2v) is 13.0. The Bertz CT molecular complexity index is 1300. The van der Waals surface area contributed by atoms with E-state index in [0.29, 0.717) is 3.63 Å². The van der Waals surface area contributed by atoms with Crippen LogP contribution >= 0.6 is 0 Å². The zero-order valence-electron chi connectivity index (χ0n) is 21.5. The van der Waals surface area contributed by atoms with E-state index in [2.05, 4.69) is 114 Å². The van der Waals surface area contributed by atoms with Crippen LogP contribution < -0.4 is 24.8 Å². The minimum absolute atomic E-state index is 0. The van der Waals surface area contributed by atoms with Crippen molar-refractivity contribution in [3.63, 3.8) is 0 Å². The Morgan fingerprint density at radius 3 is 1.94 bits per heavy atom. The van der Waals surface area contributed by atoms with E-state index >= 15 is 0 Å². The third kappa shape index (κ3) is 5.20. The third-order valence-electron chi connectivity index (χ3n) is 7.18. The molecule has 0 heterocycles. The Balaban J connectivity index is 0.00000171. The van der Waals surface area contributed by atoms with Gasteiger partial charge in [-0.3, -0.25) is 0 Å². The Morgan fingerprint density at radius 2 is 1.31 bits per heavy atom. The third-order valence-corrected chi connectivity index (χ3v) is 8.65. The van der Waals surface area contributed by atoms with E-state index in [1.54, 1.807) is 30.3 Å². The summed E-state index contributed by atoms with van der Waals surface area (Å²) < 4.78 is 0.502. The molecule has 0 radical (unpaired) electrons. The van der Waals surface area contributed by atoms with Crippen molar-refractivity contribution in [1.29, 1.82) is 0 Å². The molecule has 0 aliphatic heterocycles. The summed E-state index contributed by atoms with van der Waals surface area (Å²) in [5.41, 5.74) is 14.7. The summed E-state index contributed by atoms with van der Waals surface area (Å²) in [5, 5.41) is 0. The van der Waals surface area contributed by atoms with Gasteiger partial charge < -0.3 is 24.8 Å². The van der Waals surface area contributed by atoms with E-state index in [9.17, 15) is 0 Å². The fourth-order valence-corrected chi connectivity index (χ4v) is 6.48. The van der Waals surface area contributed by atoms with Crippen LogP contribution in [0.4, 0.5) is 0 Å². The first-order valence-corrected chi connectivity index (χ1v) is 13.5. The number of fused-ring (bicyclic) bond motifs is 3.